The van der Waals surface area contributed by atoms with Crippen molar-refractivity contribution in [1.82, 2.24) is 10.9 Å². The van der Waals surface area contributed by atoms with Crippen LogP contribution in [-0.2, 0) is 0 Å². The van der Waals surface area contributed by atoms with Crippen molar-refractivity contribution in [3.8, 4) is 0 Å². The van der Waals surface area contributed by atoms with Crippen molar-refractivity contribution in [3.05, 3.63) is 0 Å². The van der Waals surface area contributed by atoms with Crippen LogP contribution in [0.25, 0.3) is 0 Å². The quantitative estimate of drug-likeness (QED) is 0.172. The van der Waals surface area contributed by atoms with Crippen molar-refractivity contribution in [2.75, 3.05) is 4.93 Å². The Balaban J connectivity index is 2.28. The molecule has 1 fully saturated rings. The van der Waals surface area contributed by atoms with Gasteiger partial charge in [0.25, 0.3) is 0 Å². The molecule has 0 saturated carbocycles. The molecule has 4 heteroatoms. The predicted molar refractivity (Wildman–Crippen MR) is 19.1 cm³/mol. The van der Waals surface area contributed by atoms with Gasteiger partial charge in [0, 0.05) is 0 Å². The Labute approximate surface area is 46.9 Å². The van der Waals surface area contributed by atoms with Crippen LogP contribution >= 0.6 is 0 Å². The monoisotopic (exact) mass is 200 g/mol. The number of hydrogen-bond donors (Lipinski definition) is 3. The molecule has 0 spiro atoms. The Morgan fingerprint density at radius 3 is 2.17 bits per heavy atom. The molecule has 3 nitrogen and oxygen atoms in total. The molecule has 4 N–H and O–H groups in total. The Kier molecular flexibility index (Phi) is 1.02. The Morgan fingerprint density at radius 1 is 1.67 bits per heavy atom. The number of hydrogen-bond acceptors (Lipinski definition) is 3. The van der Waals surface area contributed by atoms with E-state index >= 15 is 0 Å². The minimum absolute atomic E-state index is 0.0983. The van der Waals surface area contributed by atoms with E-state index in [4.69, 9.17) is 5.73 Å². The zero-order valence-corrected chi connectivity index (χ0v) is 5.61. The Bertz CT molecular complexity index is 59.8. The van der Waals surface area contributed by atoms with E-state index in [0.29, 0.717) is 0 Å². The fraction of sp³-hybridized carbons (Fsp3) is 1.00. The SMILES string of the molecule is C[I-]C1(N)NN1. The normalized spacial score (nSPS) is 27.7. The van der Waals surface area contributed by atoms with E-state index in [1.807, 2.05) is 0 Å². The predicted octanol–water partition coefficient (Wildman–Crippen LogP) is -4.62. The van der Waals surface area contributed by atoms with Gasteiger partial charge in [0.05, 0.1) is 0 Å². The van der Waals surface area contributed by atoms with Gasteiger partial charge in [-0.3, -0.25) is 0 Å². The van der Waals surface area contributed by atoms with Crippen molar-refractivity contribution >= 4 is 0 Å². The van der Waals surface area contributed by atoms with Crippen LogP contribution in [0.2, 0.25) is 0 Å². The Morgan fingerprint density at radius 2 is 2.17 bits per heavy atom. The average molecular weight is 200 g/mol. The minimum atomic E-state index is -0.0983. The first-order valence-corrected chi connectivity index (χ1v) is 4.84. The van der Waals surface area contributed by atoms with Crippen molar-refractivity contribution < 1.29 is 21.2 Å². The molecule has 0 aromatic rings. The number of hydrazine groups is 1. The number of nitrogens with one attached hydrogen (secondary N) is 2. The first-order chi connectivity index (χ1) is 2.77. The van der Waals surface area contributed by atoms with Crippen LogP contribution in [-0.4, -0.2) is 8.72 Å². The van der Waals surface area contributed by atoms with Crippen LogP contribution in [0.1, 0.15) is 0 Å². The molecule has 1 aliphatic rings. The third-order valence-electron chi connectivity index (χ3n) is 0.662. The summed E-state index contributed by atoms with van der Waals surface area (Å²) in [6.07, 6.45) is 0. The molecule has 0 bridgehead atoms. The third-order valence-corrected chi connectivity index (χ3v) is 2.90. The zero-order valence-electron chi connectivity index (χ0n) is 3.46. The number of halogens is 1. The van der Waals surface area contributed by atoms with Crippen molar-refractivity contribution in [2.24, 2.45) is 5.73 Å². The van der Waals surface area contributed by atoms with E-state index in [0.717, 1.165) is 0 Å². The van der Waals surface area contributed by atoms with Crippen LogP contribution in [0.15, 0.2) is 0 Å². The molecule has 0 amide bonds. The number of rotatable bonds is 1. The van der Waals surface area contributed by atoms with Gasteiger partial charge >= 0.3 is 46.5 Å². The topological polar surface area (TPSA) is 69.9 Å². The molecular weight excluding hydrogens is 193 g/mol. The van der Waals surface area contributed by atoms with E-state index in [-0.39, 0.29) is 25.0 Å². The van der Waals surface area contributed by atoms with Gasteiger partial charge in [-0.15, -0.1) is 0 Å². The fourth-order valence-corrected chi connectivity index (χ4v) is 0.828. The molecule has 1 rings (SSSR count). The molecule has 1 heterocycles. The zero-order chi connectivity index (χ0) is 4.62. The summed E-state index contributed by atoms with van der Waals surface area (Å²) in [5, 5.41) is 0. The molecule has 6 heavy (non-hydrogen) atoms. The fourth-order valence-electron chi connectivity index (χ4n) is 0.154. The van der Waals surface area contributed by atoms with Crippen LogP contribution in [0, 0.1) is 0 Å². The third kappa shape index (κ3) is 0.810. The molecular formula is C2H7IN3-. The summed E-state index contributed by atoms with van der Waals surface area (Å²) >= 11 is 0.131. The summed E-state index contributed by atoms with van der Waals surface area (Å²) in [5.41, 5.74) is 11.1. The van der Waals surface area contributed by atoms with Gasteiger partial charge in [0.1, 0.15) is 0 Å². The summed E-state index contributed by atoms with van der Waals surface area (Å²) in [7, 11) is 0. The summed E-state index contributed by atoms with van der Waals surface area (Å²) in [4.78, 5) is 2.13. The van der Waals surface area contributed by atoms with Gasteiger partial charge < -0.3 is 0 Å². The first-order valence-electron chi connectivity index (χ1n) is 1.61. The molecule has 1 saturated heterocycles. The number of nitrogens with two attached hydrogens (primary N) is 1. The van der Waals surface area contributed by atoms with Gasteiger partial charge in [-0.1, -0.05) is 0 Å². The van der Waals surface area contributed by atoms with Crippen molar-refractivity contribution in [3.63, 3.8) is 0 Å². The molecule has 0 aromatic carbocycles. The standard InChI is InChI=1S/C2H7IN3/c1-3-2(4)5-6-2/h5-6H,4H2,1H3/q-1. The maximum atomic E-state index is 5.47. The average Bonchev–Trinajstić information content (AvgIpc) is 2.22. The molecule has 0 aromatic heterocycles. The van der Waals surface area contributed by atoms with Crippen molar-refractivity contribution in [2.45, 2.75) is 3.79 Å². The van der Waals surface area contributed by atoms with Crippen LogP contribution in [0.3, 0.4) is 0 Å². The second kappa shape index (κ2) is 1.29. The second-order valence-electron chi connectivity index (χ2n) is 1.15. The summed E-state index contributed by atoms with van der Waals surface area (Å²) in [6.45, 7) is 0. The summed E-state index contributed by atoms with van der Waals surface area (Å²) < 4.78 is -0.0983. The molecule has 0 aliphatic carbocycles. The molecule has 0 radical (unpaired) electrons. The molecule has 0 unspecified atom stereocenters. The molecule has 1 aliphatic heterocycles. The van der Waals surface area contributed by atoms with Gasteiger partial charge in [-0.25, -0.2) is 0 Å². The summed E-state index contributed by atoms with van der Waals surface area (Å²) in [5.74, 6) is 0. The maximum absolute atomic E-state index is 5.47. The van der Waals surface area contributed by atoms with Gasteiger partial charge in [-0.05, 0) is 0 Å². The first kappa shape index (κ1) is 4.76. The Hall–Kier alpha value is 0.610. The van der Waals surface area contributed by atoms with E-state index in [1.165, 1.54) is 0 Å². The van der Waals surface area contributed by atoms with E-state index in [9.17, 15) is 0 Å². The van der Waals surface area contributed by atoms with Crippen LogP contribution in [0.4, 0.5) is 0 Å². The van der Waals surface area contributed by atoms with Gasteiger partial charge in [-0.2, -0.15) is 0 Å². The van der Waals surface area contributed by atoms with Gasteiger partial charge in [0.2, 0.25) is 0 Å². The van der Waals surface area contributed by atoms with Crippen molar-refractivity contribution in [1.29, 1.82) is 0 Å². The van der Waals surface area contributed by atoms with Gasteiger partial charge in [0.15, 0.2) is 0 Å². The van der Waals surface area contributed by atoms with E-state index < -0.39 is 0 Å². The molecule has 38 valence electrons. The molecule has 0 atom stereocenters. The van der Waals surface area contributed by atoms with Crippen LogP contribution < -0.4 is 37.8 Å². The second-order valence-corrected chi connectivity index (χ2v) is 3.93. The van der Waals surface area contributed by atoms with E-state index in [2.05, 4.69) is 15.8 Å². The summed E-state index contributed by atoms with van der Waals surface area (Å²) in [6, 6.07) is 0. The number of alkyl halides is 2. The van der Waals surface area contributed by atoms with Crippen LogP contribution in [0.5, 0.6) is 0 Å². The van der Waals surface area contributed by atoms with E-state index in [1.54, 1.807) is 0 Å².